The first kappa shape index (κ1) is 14.3. The molecule has 2 heteroatoms. The van der Waals surface area contributed by atoms with Gasteiger partial charge in [-0.1, -0.05) is 13.3 Å². The van der Waals surface area contributed by atoms with Gasteiger partial charge in [0.1, 0.15) is 0 Å². The third-order valence-electron chi connectivity index (χ3n) is 5.25. The fourth-order valence-corrected chi connectivity index (χ4v) is 3.62. The van der Waals surface area contributed by atoms with E-state index in [1.54, 1.807) is 0 Å². The van der Waals surface area contributed by atoms with E-state index in [1.807, 2.05) is 0 Å². The highest BCUT2D eigenvalue weighted by Crippen LogP contribution is 2.26. The van der Waals surface area contributed by atoms with E-state index in [2.05, 4.69) is 24.2 Å². The second kappa shape index (κ2) is 7.49. The third kappa shape index (κ3) is 4.55. The second-order valence-corrected chi connectivity index (χ2v) is 6.62. The molecule has 0 aromatic carbocycles. The van der Waals surface area contributed by atoms with Crippen molar-refractivity contribution in [3.05, 3.63) is 0 Å². The molecule has 1 aliphatic heterocycles. The molecule has 1 N–H and O–H groups in total. The summed E-state index contributed by atoms with van der Waals surface area (Å²) in [6, 6.07) is 0.832. The number of nitrogens with one attached hydrogen (secondary N) is 1. The molecule has 2 rings (SSSR count). The number of rotatable bonds is 5. The van der Waals surface area contributed by atoms with Crippen LogP contribution >= 0.6 is 0 Å². The number of nitrogens with zero attached hydrogens (tertiary/aromatic N) is 1. The Morgan fingerprint density at radius 3 is 2.22 bits per heavy atom. The Kier molecular flexibility index (Phi) is 5.97. The largest absolute Gasteiger partial charge is 0.314 e. The number of piperidine rings is 1. The standard InChI is InChI=1S/C16H32N2/c1-3-14-4-6-16(7-5-14)17-11-8-15-9-12-18(2)13-10-15/h14-17H,3-13H2,1-2H3. The smallest absolute Gasteiger partial charge is 0.00672 e. The summed E-state index contributed by atoms with van der Waals surface area (Å²) in [5.41, 5.74) is 0. The molecule has 0 aromatic rings. The molecule has 0 spiro atoms. The number of likely N-dealkylation sites (tertiary alicyclic amines) is 1. The second-order valence-electron chi connectivity index (χ2n) is 6.62. The Bertz CT molecular complexity index is 213. The molecule has 106 valence electrons. The number of hydrogen-bond donors (Lipinski definition) is 1. The van der Waals surface area contributed by atoms with Gasteiger partial charge < -0.3 is 10.2 Å². The van der Waals surface area contributed by atoms with Crippen molar-refractivity contribution in [1.82, 2.24) is 10.2 Å². The van der Waals surface area contributed by atoms with Crippen LogP contribution in [0.15, 0.2) is 0 Å². The minimum Gasteiger partial charge on any atom is -0.314 e. The summed E-state index contributed by atoms with van der Waals surface area (Å²) in [6.45, 7) is 6.23. The summed E-state index contributed by atoms with van der Waals surface area (Å²) < 4.78 is 0. The van der Waals surface area contributed by atoms with Crippen LogP contribution in [-0.2, 0) is 0 Å². The zero-order valence-electron chi connectivity index (χ0n) is 12.5. The average Bonchev–Trinajstić information content (AvgIpc) is 2.42. The highest BCUT2D eigenvalue weighted by Gasteiger charge is 2.20. The van der Waals surface area contributed by atoms with Crippen molar-refractivity contribution < 1.29 is 0 Å². The van der Waals surface area contributed by atoms with Crippen molar-refractivity contribution in [2.24, 2.45) is 11.8 Å². The summed E-state index contributed by atoms with van der Waals surface area (Å²) in [7, 11) is 2.25. The van der Waals surface area contributed by atoms with E-state index in [-0.39, 0.29) is 0 Å². The van der Waals surface area contributed by atoms with Crippen LogP contribution in [0, 0.1) is 11.8 Å². The van der Waals surface area contributed by atoms with E-state index >= 15 is 0 Å². The van der Waals surface area contributed by atoms with Gasteiger partial charge in [0, 0.05) is 6.04 Å². The van der Waals surface area contributed by atoms with Crippen molar-refractivity contribution >= 4 is 0 Å². The topological polar surface area (TPSA) is 15.3 Å². The van der Waals surface area contributed by atoms with Crippen LogP contribution in [0.4, 0.5) is 0 Å². The molecule has 1 heterocycles. The highest BCUT2D eigenvalue weighted by molar-refractivity contribution is 4.77. The van der Waals surface area contributed by atoms with Crippen LogP contribution in [-0.4, -0.2) is 37.6 Å². The van der Waals surface area contributed by atoms with Gasteiger partial charge in [0.2, 0.25) is 0 Å². The van der Waals surface area contributed by atoms with E-state index in [0.29, 0.717) is 0 Å². The van der Waals surface area contributed by atoms with E-state index in [9.17, 15) is 0 Å². The first-order valence-electron chi connectivity index (χ1n) is 8.19. The third-order valence-corrected chi connectivity index (χ3v) is 5.25. The van der Waals surface area contributed by atoms with Crippen LogP contribution in [0.5, 0.6) is 0 Å². The summed E-state index contributed by atoms with van der Waals surface area (Å²) in [5, 5.41) is 3.81. The normalized spacial score (nSPS) is 31.7. The maximum atomic E-state index is 3.81. The van der Waals surface area contributed by atoms with Gasteiger partial charge >= 0.3 is 0 Å². The minimum absolute atomic E-state index is 0.832. The van der Waals surface area contributed by atoms with E-state index in [4.69, 9.17) is 0 Å². The van der Waals surface area contributed by atoms with E-state index in [0.717, 1.165) is 17.9 Å². The first-order chi connectivity index (χ1) is 8.78. The van der Waals surface area contributed by atoms with Crippen molar-refractivity contribution in [1.29, 1.82) is 0 Å². The predicted octanol–water partition coefficient (Wildman–Crippen LogP) is 3.28. The van der Waals surface area contributed by atoms with Crippen LogP contribution in [0.25, 0.3) is 0 Å². The lowest BCUT2D eigenvalue weighted by Gasteiger charge is -2.31. The fraction of sp³-hybridized carbons (Fsp3) is 1.00. The Balaban J connectivity index is 1.53. The summed E-state index contributed by atoms with van der Waals surface area (Å²) in [4.78, 5) is 2.47. The van der Waals surface area contributed by atoms with Crippen LogP contribution < -0.4 is 5.32 Å². The lowest BCUT2D eigenvalue weighted by atomic mass is 9.84. The molecule has 2 aliphatic rings. The Labute approximate surface area is 114 Å². The lowest BCUT2D eigenvalue weighted by Crippen LogP contribution is -2.36. The minimum atomic E-state index is 0.832. The molecular weight excluding hydrogens is 220 g/mol. The van der Waals surface area contributed by atoms with Gasteiger partial charge in [0.15, 0.2) is 0 Å². The summed E-state index contributed by atoms with van der Waals surface area (Å²) in [6.07, 6.45) is 11.4. The van der Waals surface area contributed by atoms with Gasteiger partial charge in [-0.25, -0.2) is 0 Å². The van der Waals surface area contributed by atoms with Crippen molar-refractivity contribution in [2.45, 2.75) is 64.3 Å². The molecule has 1 aliphatic carbocycles. The molecule has 0 aromatic heterocycles. The van der Waals surface area contributed by atoms with Crippen LogP contribution in [0.2, 0.25) is 0 Å². The highest BCUT2D eigenvalue weighted by atomic mass is 15.1. The summed E-state index contributed by atoms with van der Waals surface area (Å²) in [5.74, 6) is 2.01. The maximum absolute atomic E-state index is 3.81. The molecule has 2 nitrogen and oxygen atoms in total. The van der Waals surface area contributed by atoms with Crippen molar-refractivity contribution in [3.8, 4) is 0 Å². The lowest BCUT2D eigenvalue weighted by molar-refractivity contribution is 0.207. The van der Waals surface area contributed by atoms with E-state index in [1.165, 1.54) is 71.0 Å². The molecule has 2 fully saturated rings. The molecule has 0 amide bonds. The molecule has 0 unspecified atom stereocenters. The predicted molar refractivity (Wildman–Crippen MR) is 78.9 cm³/mol. The Morgan fingerprint density at radius 2 is 1.61 bits per heavy atom. The van der Waals surface area contributed by atoms with Gasteiger partial charge in [-0.05, 0) is 83.5 Å². The molecule has 0 atom stereocenters. The Morgan fingerprint density at radius 1 is 0.944 bits per heavy atom. The SMILES string of the molecule is CCC1CCC(NCCC2CCN(C)CC2)CC1. The van der Waals surface area contributed by atoms with Gasteiger partial charge in [-0.2, -0.15) is 0 Å². The first-order valence-corrected chi connectivity index (χ1v) is 8.19. The maximum Gasteiger partial charge on any atom is 0.00672 e. The molecule has 18 heavy (non-hydrogen) atoms. The van der Waals surface area contributed by atoms with Gasteiger partial charge in [-0.3, -0.25) is 0 Å². The van der Waals surface area contributed by atoms with Crippen LogP contribution in [0.1, 0.15) is 58.3 Å². The van der Waals surface area contributed by atoms with Crippen molar-refractivity contribution in [3.63, 3.8) is 0 Å². The van der Waals surface area contributed by atoms with E-state index < -0.39 is 0 Å². The van der Waals surface area contributed by atoms with Gasteiger partial charge in [0.05, 0.1) is 0 Å². The summed E-state index contributed by atoms with van der Waals surface area (Å²) >= 11 is 0. The zero-order chi connectivity index (χ0) is 12.8. The molecule has 1 saturated heterocycles. The quantitative estimate of drug-likeness (QED) is 0.808. The monoisotopic (exact) mass is 252 g/mol. The Hall–Kier alpha value is -0.0800. The van der Waals surface area contributed by atoms with Gasteiger partial charge in [-0.15, -0.1) is 0 Å². The van der Waals surface area contributed by atoms with Crippen molar-refractivity contribution in [2.75, 3.05) is 26.7 Å². The van der Waals surface area contributed by atoms with Crippen LogP contribution in [0.3, 0.4) is 0 Å². The average molecular weight is 252 g/mol. The fourth-order valence-electron chi connectivity index (χ4n) is 3.62. The molecule has 1 saturated carbocycles. The molecule has 0 radical (unpaired) electrons. The zero-order valence-corrected chi connectivity index (χ0v) is 12.5. The van der Waals surface area contributed by atoms with Gasteiger partial charge in [0.25, 0.3) is 0 Å². The molecule has 0 bridgehead atoms. The molecular formula is C16H32N2. The number of hydrogen-bond acceptors (Lipinski definition) is 2.